The van der Waals surface area contributed by atoms with E-state index >= 15 is 0 Å². The Morgan fingerprint density at radius 2 is 2.05 bits per heavy atom. The molecule has 0 spiro atoms. The van der Waals surface area contributed by atoms with Crippen LogP contribution in [-0.4, -0.2) is 19.7 Å². The molecular weight excluding hydrogens is 284 g/mol. The summed E-state index contributed by atoms with van der Waals surface area (Å²) in [5.41, 5.74) is 9.55. The van der Waals surface area contributed by atoms with Gasteiger partial charge in [0.1, 0.15) is 17.0 Å². The predicted molar refractivity (Wildman–Crippen MR) is 84.4 cm³/mol. The van der Waals surface area contributed by atoms with Gasteiger partial charge >= 0.3 is 0 Å². The monoisotopic (exact) mass is 300 g/mol. The minimum atomic E-state index is 0.624. The van der Waals surface area contributed by atoms with E-state index in [-0.39, 0.29) is 0 Å². The van der Waals surface area contributed by atoms with E-state index in [2.05, 4.69) is 33.8 Å². The lowest BCUT2D eigenvalue weighted by molar-refractivity contribution is 0.705. The summed E-state index contributed by atoms with van der Waals surface area (Å²) >= 11 is 1.72. The number of nitrogens with two attached hydrogens (primary N) is 1. The van der Waals surface area contributed by atoms with Gasteiger partial charge in [0.05, 0.1) is 24.2 Å². The third-order valence-electron chi connectivity index (χ3n) is 4.24. The standard InChI is InChI=1S/C14H16N6S/c1-7-8(2)21-14-11(7)13(16-6-17-14)20-4-9-10(5-20)19(3)18-12(9)15/h6H,4-5H2,1-3H3,(H2,15,18). The highest BCUT2D eigenvalue weighted by molar-refractivity contribution is 7.18. The van der Waals surface area contributed by atoms with E-state index in [0.717, 1.165) is 29.3 Å². The van der Waals surface area contributed by atoms with Crippen LogP contribution in [0.1, 0.15) is 21.7 Å². The predicted octanol–water partition coefficient (Wildman–Crippen LogP) is 2.14. The molecule has 4 heterocycles. The van der Waals surface area contributed by atoms with Gasteiger partial charge in [0, 0.05) is 17.5 Å². The van der Waals surface area contributed by atoms with Crippen molar-refractivity contribution in [3.63, 3.8) is 0 Å². The number of fused-ring (bicyclic) bond motifs is 2. The topological polar surface area (TPSA) is 72.9 Å². The summed E-state index contributed by atoms with van der Waals surface area (Å²) < 4.78 is 1.87. The first-order chi connectivity index (χ1) is 10.1. The minimum Gasteiger partial charge on any atom is -0.382 e. The maximum atomic E-state index is 5.99. The summed E-state index contributed by atoms with van der Waals surface area (Å²) in [4.78, 5) is 13.5. The van der Waals surface area contributed by atoms with Gasteiger partial charge in [0.15, 0.2) is 5.82 Å². The highest BCUT2D eigenvalue weighted by Crippen LogP contribution is 2.38. The maximum absolute atomic E-state index is 5.99. The lowest BCUT2D eigenvalue weighted by Gasteiger charge is -2.18. The van der Waals surface area contributed by atoms with Crippen LogP contribution in [0.2, 0.25) is 0 Å². The van der Waals surface area contributed by atoms with Crippen molar-refractivity contribution in [2.24, 2.45) is 7.05 Å². The van der Waals surface area contributed by atoms with E-state index in [4.69, 9.17) is 5.73 Å². The van der Waals surface area contributed by atoms with Crippen molar-refractivity contribution in [3.05, 3.63) is 28.0 Å². The molecule has 108 valence electrons. The van der Waals surface area contributed by atoms with Crippen LogP contribution in [0.15, 0.2) is 6.33 Å². The first kappa shape index (κ1) is 12.6. The largest absolute Gasteiger partial charge is 0.382 e. The number of nitrogen functional groups attached to an aromatic ring is 1. The third kappa shape index (κ3) is 1.67. The number of rotatable bonds is 1. The molecule has 0 amide bonds. The Labute approximate surface area is 126 Å². The van der Waals surface area contributed by atoms with Gasteiger partial charge in [0.2, 0.25) is 0 Å². The van der Waals surface area contributed by atoms with Crippen molar-refractivity contribution in [2.45, 2.75) is 26.9 Å². The molecule has 6 nitrogen and oxygen atoms in total. The molecule has 0 bridgehead atoms. The Morgan fingerprint density at radius 1 is 1.24 bits per heavy atom. The fourth-order valence-electron chi connectivity index (χ4n) is 2.98. The number of aromatic nitrogens is 4. The lowest BCUT2D eigenvalue weighted by atomic mass is 10.2. The molecule has 0 radical (unpaired) electrons. The van der Waals surface area contributed by atoms with E-state index in [1.807, 2.05) is 11.7 Å². The van der Waals surface area contributed by atoms with E-state index in [1.54, 1.807) is 17.7 Å². The smallest absolute Gasteiger partial charge is 0.150 e. The van der Waals surface area contributed by atoms with Crippen LogP contribution in [0.25, 0.3) is 10.2 Å². The molecule has 7 heteroatoms. The van der Waals surface area contributed by atoms with Gasteiger partial charge in [-0.15, -0.1) is 11.3 Å². The second-order valence-electron chi connectivity index (χ2n) is 5.45. The number of hydrogen-bond acceptors (Lipinski definition) is 6. The van der Waals surface area contributed by atoms with E-state index < -0.39 is 0 Å². The fraction of sp³-hybridized carbons (Fsp3) is 0.357. The molecule has 0 aromatic carbocycles. The number of thiophene rings is 1. The van der Waals surface area contributed by atoms with Gasteiger partial charge in [-0.05, 0) is 19.4 Å². The Bertz CT molecular complexity index is 836. The average molecular weight is 300 g/mol. The zero-order valence-corrected chi connectivity index (χ0v) is 13.0. The van der Waals surface area contributed by atoms with Crippen molar-refractivity contribution >= 4 is 33.2 Å². The summed E-state index contributed by atoms with van der Waals surface area (Å²) in [6, 6.07) is 0. The first-order valence-electron chi connectivity index (χ1n) is 6.82. The average Bonchev–Trinajstić information content (AvgIpc) is 3.08. The van der Waals surface area contributed by atoms with Gasteiger partial charge < -0.3 is 10.6 Å². The third-order valence-corrected chi connectivity index (χ3v) is 5.36. The van der Waals surface area contributed by atoms with E-state index in [0.29, 0.717) is 5.82 Å². The molecule has 0 saturated carbocycles. The van der Waals surface area contributed by atoms with Crippen molar-refractivity contribution in [1.29, 1.82) is 0 Å². The van der Waals surface area contributed by atoms with Crippen LogP contribution in [0.3, 0.4) is 0 Å². The van der Waals surface area contributed by atoms with Crippen LogP contribution in [0.4, 0.5) is 11.6 Å². The number of nitrogens with zero attached hydrogens (tertiary/aromatic N) is 5. The molecule has 2 N–H and O–H groups in total. The normalized spacial score (nSPS) is 14.1. The highest BCUT2D eigenvalue weighted by atomic mass is 32.1. The summed E-state index contributed by atoms with van der Waals surface area (Å²) in [7, 11) is 1.94. The van der Waals surface area contributed by atoms with E-state index in [9.17, 15) is 0 Å². The van der Waals surface area contributed by atoms with E-state index in [1.165, 1.54) is 21.5 Å². The SMILES string of the molecule is Cc1sc2ncnc(N3Cc4c(N)nn(C)c4C3)c2c1C. The number of aryl methyl sites for hydroxylation is 3. The maximum Gasteiger partial charge on any atom is 0.150 e. The summed E-state index contributed by atoms with van der Waals surface area (Å²) in [5.74, 6) is 1.62. The summed E-state index contributed by atoms with van der Waals surface area (Å²) in [6.07, 6.45) is 1.65. The molecular formula is C14H16N6S. The fourth-order valence-corrected chi connectivity index (χ4v) is 3.97. The molecule has 3 aromatic heterocycles. The Morgan fingerprint density at radius 3 is 2.81 bits per heavy atom. The van der Waals surface area contributed by atoms with Gasteiger partial charge in [-0.3, -0.25) is 4.68 Å². The second-order valence-corrected chi connectivity index (χ2v) is 6.65. The van der Waals surface area contributed by atoms with Gasteiger partial charge in [-0.1, -0.05) is 0 Å². The van der Waals surface area contributed by atoms with Crippen LogP contribution in [-0.2, 0) is 20.1 Å². The molecule has 1 aliphatic heterocycles. The molecule has 0 atom stereocenters. The van der Waals surface area contributed by atoms with Crippen molar-refractivity contribution in [3.8, 4) is 0 Å². The zero-order valence-electron chi connectivity index (χ0n) is 12.2. The molecule has 3 aromatic rings. The molecule has 0 fully saturated rings. The molecule has 0 unspecified atom stereocenters. The Hall–Kier alpha value is -2.15. The van der Waals surface area contributed by atoms with Crippen molar-refractivity contribution < 1.29 is 0 Å². The molecule has 0 aliphatic carbocycles. The lowest BCUT2D eigenvalue weighted by Crippen LogP contribution is -2.18. The number of anilines is 2. The Kier molecular flexibility index (Phi) is 2.50. The number of hydrogen-bond donors (Lipinski definition) is 1. The Balaban J connectivity index is 1.84. The van der Waals surface area contributed by atoms with Crippen molar-refractivity contribution in [1.82, 2.24) is 19.7 Å². The van der Waals surface area contributed by atoms with Crippen LogP contribution >= 0.6 is 11.3 Å². The quantitative estimate of drug-likeness (QED) is 0.745. The molecule has 1 aliphatic rings. The highest BCUT2D eigenvalue weighted by Gasteiger charge is 2.28. The zero-order chi connectivity index (χ0) is 14.7. The first-order valence-corrected chi connectivity index (χ1v) is 7.63. The van der Waals surface area contributed by atoms with Crippen LogP contribution in [0.5, 0.6) is 0 Å². The summed E-state index contributed by atoms with van der Waals surface area (Å²) in [5, 5.41) is 5.45. The van der Waals surface area contributed by atoms with Crippen LogP contribution in [0, 0.1) is 13.8 Å². The summed E-state index contributed by atoms with van der Waals surface area (Å²) in [6.45, 7) is 5.82. The second kappa shape index (κ2) is 4.17. The van der Waals surface area contributed by atoms with Crippen molar-refractivity contribution in [2.75, 3.05) is 10.6 Å². The van der Waals surface area contributed by atoms with Gasteiger partial charge in [0.25, 0.3) is 0 Å². The molecule has 4 rings (SSSR count). The van der Waals surface area contributed by atoms with Gasteiger partial charge in [-0.2, -0.15) is 5.10 Å². The molecule has 21 heavy (non-hydrogen) atoms. The molecule has 0 saturated heterocycles. The minimum absolute atomic E-state index is 0.624. The van der Waals surface area contributed by atoms with Gasteiger partial charge in [-0.25, -0.2) is 9.97 Å². The van der Waals surface area contributed by atoms with Crippen LogP contribution < -0.4 is 10.6 Å².